The van der Waals surface area contributed by atoms with Crippen LogP contribution in [0.25, 0.3) is 0 Å². The summed E-state index contributed by atoms with van der Waals surface area (Å²) in [5.74, 6) is 0.827. The molecule has 1 amide bonds. The topological polar surface area (TPSA) is 50.4 Å². The summed E-state index contributed by atoms with van der Waals surface area (Å²) in [6.07, 6.45) is 0.905. The maximum absolute atomic E-state index is 11.6. The molecule has 2 heterocycles. The summed E-state index contributed by atoms with van der Waals surface area (Å²) in [6.45, 7) is 0.724. The van der Waals surface area contributed by atoms with Crippen molar-refractivity contribution >= 4 is 23.2 Å². The van der Waals surface area contributed by atoms with Crippen LogP contribution < -0.4 is 15.4 Å². The van der Waals surface area contributed by atoms with Crippen molar-refractivity contribution in [3.8, 4) is 5.75 Å². The zero-order chi connectivity index (χ0) is 11.1. The summed E-state index contributed by atoms with van der Waals surface area (Å²) in [5, 5.41) is 5.92. The van der Waals surface area contributed by atoms with E-state index in [4.69, 9.17) is 17.0 Å². The Morgan fingerprint density at radius 2 is 2.31 bits per heavy atom. The molecule has 1 atom stereocenters. The van der Waals surface area contributed by atoms with Crippen LogP contribution >= 0.6 is 12.2 Å². The van der Waals surface area contributed by atoms with E-state index < -0.39 is 0 Å². The smallest absolute Gasteiger partial charge is 0.253 e. The second kappa shape index (κ2) is 3.45. The fraction of sp³-hybridized carbons (Fsp3) is 0.273. The molecule has 1 saturated heterocycles. The first-order valence-electron chi connectivity index (χ1n) is 5.11. The van der Waals surface area contributed by atoms with Crippen molar-refractivity contribution in [1.82, 2.24) is 10.6 Å². The maximum Gasteiger partial charge on any atom is 0.253 e. The molecular weight excluding hydrogens is 224 g/mol. The lowest BCUT2D eigenvalue weighted by molar-refractivity contribution is -0.120. The molecule has 1 fully saturated rings. The molecule has 0 spiro atoms. The van der Waals surface area contributed by atoms with Crippen LogP contribution in [0.4, 0.5) is 0 Å². The molecule has 5 heteroatoms. The van der Waals surface area contributed by atoms with Crippen molar-refractivity contribution in [3.63, 3.8) is 0 Å². The molecule has 16 heavy (non-hydrogen) atoms. The third kappa shape index (κ3) is 1.44. The fourth-order valence-corrected chi connectivity index (χ4v) is 2.26. The Balaban J connectivity index is 1.95. The van der Waals surface area contributed by atoms with E-state index in [1.165, 1.54) is 0 Å². The second-order valence-corrected chi connectivity index (χ2v) is 4.27. The van der Waals surface area contributed by atoms with E-state index in [0.717, 1.165) is 29.9 Å². The zero-order valence-electron chi connectivity index (χ0n) is 8.45. The van der Waals surface area contributed by atoms with Gasteiger partial charge in [-0.05, 0) is 35.5 Å². The van der Waals surface area contributed by atoms with E-state index in [2.05, 4.69) is 10.6 Å². The van der Waals surface area contributed by atoms with E-state index >= 15 is 0 Å². The summed E-state index contributed by atoms with van der Waals surface area (Å²) in [7, 11) is 0. The van der Waals surface area contributed by atoms with Crippen LogP contribution in [-0.4, -0.2) is 17.6 Å². The number of ether oxygens (including phenoxy) is 1. The van der Waals surface area contributed by atoms with Crippen molar-refractivity contribution in [2.75, 3.05) is 6.61 Å². The highest BCUT2D eigenvalue weighted by Crippen LogP contribution is 2.28. The minimum absolute atomic E-state index is 0.0936. The van der Waals surface area contributed by atoms with Gasteiger partial charge in [-0.15, -0.1) is 0 Å². The molecule has 0 aliphatic carbocycles. The van der Waals surface area contributed by atoms with Crippen LogP contribution in [0.1, 0.15) is 17.2 Å². The van der Waals surface area contributed by atoms with E-state index in [0.29, 0.717) is 5.11 Å². The molecule has 2 aliphatic rings. The Labute approximate surface area is 98.0 Å². The minimum atomic E-state index is -0.363. The highest BCUT2D eigenvalue weighted by Gasteiger charge is 2.29. The van der Waals surface area contributed by atoms with Gasteiger partial charge in [0, 0.05) is 6.42 Å². The highest BCUT2D eigenvalue weighted by molar-refractivity contribution is 7.80. The first-order chi connectivity index (χ1) is 7.74. The molecule has 82 valence electrons. The van der Waals surface area contributed by atoms with Crippen molar-refractivity contribution in [2.24, 2.45) is 0 Å². The van der Waals surface area contributed by atoms with Crippen LogP contribution in [0.15, 0.2) is 18.2 Å². The summed E-state index contributed by atoms with van der Waals surface area (Å²) in [5.41, 5.74) is 2.09. The third-order valence-corrected chi connectivity index (χ3v) is 3.04. The van der Waals surface area contributed by atoms with Crippen LogP contribution in [-0.2, 0) is 11.2 Å². The number of hydrogen-bond acceptors (Lipinski definition) is 3. The molecule has 2 aliphatic heterocycles. The lowest BCUT2D eigenvalue weighted by Gasteiger charge is -2.09. The van der Waals surface area contributed by atoms with Crippen LogP contribution in [0, 0.1) is 0 Å². The molecule has 0 bridgehead atoms. The number of amides is 1. The normalized spacial score (nSPS) is 22.4. The molecular formula is C11H10N2O2S. The average Bonchev–Trinajstić information content (AvgIpc) is 2.83. The Morgan fingerprint density at radius 3 is 3.06 bits per heavy atom. The highest BCUT2D eigenvalue weighted by atomic mass is 32.1. The molecule has 1 aromatic carbocycles. The zero-order valence-corrected chi connectivity index (χ0v) is 9.26. The van der Waals surface area contributed by atoms with Gasteiger partial charge in [-0.1, -0.05) is 6.07 Å². The van der Waals surface area contributed by atoms with Gasteiger partial charge in [-0.25, -0.2) is 0 Å². The largest absolute Gasteiger partial charge is 0.493 e. The lowest BCUT2D eigenvalue weighted by Crippen LogP contribution is -2.21. The Morgan fingerprint density at radius 1 is 1.44 bits per heavy atom. The van der Waals surface area contributed by atoms with Gasteiger partial charge in [0.05, 0.1) is 6.61 Å². The molecule has 2 N–H and O–H groups in total. The molecule has 0 aromatic heterocycles. The predicted octanol–water partition coefficient (Wildman–Crippen LogP) is 0.667. The number of thiocarbonyl (C=S) groups is 1. The number of carbonyl (C=O) groups excluding carboxylic acids is 1. The maximum atomic E-state index is 11.6. The standard InChI is InChI=1S/C11H10N2O2S/c14-10-9(12-11(16)13-10)7-1-2-8-6(5-7)3-4-15-8/h1-2,5,9H,3-4H2,(H2,12,13,14,16). The summed E-state index contributed by atoms with van der Waals surface area (Å²) < 4.78 is 5.42. The van der Waals surface area contributed by atoms with Crippen molar-refractivity contribution in [2.45, 2.75) is 12.5 Å². The van der Waals surface area contributed by atoms with Crippen molar-refractivity contribution < 1.29 is 9.53 Å². The Hall–Kier alpha value is -1.62. The van der Waals surface area contributed by atoms with Gasteiger partial charge in [0.25, 0.3) is 5.91 Å². The van der Waals surface area contributed by atoms with Crippen molar-refractivity contribution in [3.05, 3.63) is 29.3 Å². The fourth-order valence-electron chi connectivity index (χ4n) is 2.04. The van der Waals surface area contributed by atoms with Crippen LogP contribution in [0.2, 0.25) is 0 Å². The molecule has 1 aromatic rings. The first-order valence-corrected chi connectivity index (χ1v) is 5.52. The number of carbonyl (C=O) groups is 1. The predicted molar refractivity (Wildman–Crippen MR) is 62.3 cm³/mol. The second-order valence-electron chi connectivity index (χ2n) is 3.86. The Kier molecular flexibility index (Phi) is 2.07. The van der Waals surface area contributed by atoms with Crippen molar-refractivity contribution in [1.29, 1.82) is 0 Å². The van der Waals surface area contributed by atoms with Crippen LogP contribution in [0.3, 0.4) is 0 Å². The third-order valence-electron chi connectivity index (χ3n) is 2.82. The van der Waals surface area contributed by atoms with Gasteiger partial charge in [-0.2, -0.15) is 0 Å². The van der Waals surface area contributed by atoms with Gasteiger partial charge in [-0.3, -0.25) is 4.79 Å². The Bertz CT molecular complexity index is 487. The molecule has 1 unspecified atom stereocenters. The summed E-state index contributed by atoms with van der Waals surface area (Å²) in [4.78, 5) is 11.6. The molecule has 3 rings (SSSR count). The van der Waals surface area contributed by atoms with Gasteiger partial charge in [0.15, 0.2) is 5.11 Å². The number of fused-ring (bicyclic) bond motifs is 1. The van der Waals surface area contributed by atoms with E-state index in [9.17, 15) is 4.79 Å². The minimum Gasteiger partial charge on any atom is -0.493 e. The van der Waals surface area contributed by atoms with E-state index in [-0.39, 0.29) is 11.9 Å². The number of nitrogens with one attached hydrogen (secondary N) is 2. The number of benzene rings is 1. The molecule has 0 saturated carbocycles. The van der Waals surface area contributed by atoms with Gasteiger partial charge in [0.2, 0.25) is 0 Å². The number of rotatable bonds is 1. The lowest BCUT2D eigenvalue weighted by atomic mass is 10.0. The summed E-state index contributed by atoms with van der Waals surface area (Å²) >= 11 is 4.90. The number of hydrogen-bond donors (Lipinski definition) is 2. The van der Waals surface area contributed by atoms with Gasteiger partial charge in [0.1, 0.15) is 11.8 Å². The summed E-state index contributed by atoms with van der Waals surface area (Å²) in [6, 6.07) is 5.45. The van der Waals surface area contributed by atoms with Crippen LogP contribution in [0.5, 0.6) is 5.75 Å². The van der Waals surface area contributed by atoms with E-state index in [1.807, 2.05) is 18.2 Å². The van der Waals surface area contributed by atoms with Gasteiger partial charge < -0.3 is 15.4 Å². The SMILES string of the molecule is O=C1NC(=S)NC1c1ccc2c(c1)CCO2. The molecule has 0 radical (unpaired) electrons. The first kappa shape index (κ1) is 9.59. The van der Waals surface area contributed by atoms with E-state index in [1.54, 1.807) is 0 Å². The molecule has 4 nitrogen and oxygen atoms in total. The van der Waals surface area contributed by atoms with Gasteiger partial charge >= 0.3 is 0 Å². The monoisotopic (exact) mass is 234 g/mol. The quantitative estimate of drug-likeness (QED) is 0.701. The average molecular weight is 234 g/mol.